The van der Waals surface area contributed by atoms with Crippen molar-refractivity contribution in [2.75, 3.05) is 39.9 Å². The van der Waals surface area contributed by atoms with E-state index in [9.17, 15) is 0 Å². The summed E-state index contributed by atoms with van der Waals surface area (Å²) in [4.78, 5) is 7.02. The lowest BCUT2D eigenvalue weighted by molar-refractivity contribution is 0.0512. The van der Waals surface area contributed by atoms with Gasteiger partial charge in [0, 0.05) is 45.3 Å². The number of likely N-dealkylation sites (tertiary alicyclic amines) is 1. The van der Waals surface area contributed by atoms with Crippen LogP contribution in [0.1, 0.15) is 47.9 Å². The highest BCUT2D eigenvalue weighted by Crippen LogP contribution is 2.36. The zero-order valence-electron chi connectivity index (χ0n) is 19.7. The fraction of sp³-hybridized carbons (Fsp3) is 0.519. The third-order valence-corrected chi connectivity index (χ3v) is 7.07. The molecule has 4 rings (SSSR count). The molecule has 0 amide bonds. The molecular formula is C27H38N4O. The average Bonchev–Trinajstić information content (AvgIpc) is 3.34. The predicted octanol–water partition coefficient (Wildman–Crippen LogP) is 4.00. The van der Waals surface area contributed by atoms with E-state index in [4.69, 9.17) is 4.74 Å². The van der Waals surface area contributed by atoms with E-state index in [-0.39, 0.29) is 5.41 Å². The van der Waals surface area contributed by atoms with Crippen LogP contribution in [-0.2, 0) is 23.2 Å². The van der Waals surface area contributed by atoms with Gasteiger partial charge in [-0.05, 0) is 68.0 Å². The van der Waals surface area contributed by atoms with Gasteiger partial charge in [0.2, 0.25) is 0 Å². The number of ether oxygens (including phenoxy) is 1. The highest BCUT2D eigenvalue weighted by molar-refractivity contribution is 5.79. The van der Waals surface area contributed by atoms with Crippen LogP contribution in [0, 0.1) is 6.92 Å². The molecule has 172 valence electrons. The Morgan fingerprint density at radius 2 is 1.66 bits per heavy atom. The molecule has 0 aromatic heterocycles. The SMILES string of the molecule is CN=C(NCc1ccc(CN2CCCC2)cc1)NCC1(c2ccccc2C)CCOCC1. The maximum absolute atomic E-state index is 5.70. The average molecular weight is 435 g/mol. The predicted molar refractivity (Wildman–Crippen MR) is 132 cm³/mol. The fourth-order valence-corrected chi connectivity index (χ4v) is 5.09. The Labute approximate surface area is 193 Å². The zero-order valence-corrected chi connectivity index (χ0v) is 19.7. The second-order valence-electron chi connectivity index (χ2n) is 9.29. The van der Waals surface area contributed by atoms with Crippen LogP contribution in [0.5, 0.6) is 0 Å². The van der Waals surface area contributed by atoms with Gasteiger partial charge >= 0.3 is 0 Å². The van der Waals surface area contributed by atoms with E-state index >= 15 is 0 Å². The van der Waals surface area contributed by atoms with E-state index in [2.05, 4.69) is 76.0 Å². The van der Waals surface area contributed by atoms with Crippen molar-refractivity contribution in [3.05, 3.63) is 70.8 Å². The van der Waals surface area contributed by atoms with Crippen molar-refractivity contribution < 1.29 is 4.74 Å². The van der Waals surface area contributed by atoms with Crippen molar-refractivity contribution in [3.63, 3.8) is 0 Å². The minimum absolute atomic E-state index is 0.0818. The first kappa shape index (κ1) is 22.8. The maximum atomic E-state index is 5.70. The number of rotatable bonds is 7. The van der Waals surface area contributed by atoms with Gasteiger partial charge in [-0.2, -0.15) is 0 Å². The van der Waals surface area contributed by atoms with Gasteiger partial charge in [-0.25, -0.2) is 0 Å². The van der Waals surface area contributed by atoms with Crippen LogP contribution in [0.4, 0.5) is 0 Å². The normalized spacial score (nSPS) is 19.1. The molecule has 2 heterocycles. The van der Waals surface area contributed by atoms with Crippen LogP contribution < -0.4 is 10.6 Å². The Balaban J connectivity index is 1.33. The smallest absolute Gasteiger partial charge is 0.191 e. The zero-order chi connectivity index (χ0) is 22.2. The van der Waals surface area contributed by atoms with E-state index in [0.29, 0.717) is 0 Å². The highest BCUT2D eigenvalue weighted by atomic mass is 16.5. The molecule has 32 heavy (non-hydrogen) atoms. The Bertz CT molecular complexity index is 881. The van der Waals surface area contributed by atoms with Crippen molar-refractivity contribution in [1.29, 1.82) is 0 Å². The molecule has 0 saturated carbocycles. The minimum Gasteiger partial charge on any atom is -0.381 e. The molecule has 2 N–H and O–H groups in total. The second kappa shape index (κ2) is 11.0. The van der Waals surface area contributed by atoms with Crippen molar-refractivity contribution in [2.45, 2.75) is 51.1 Å². The van der Waals surface area contributed by atoms with Gasteiger partial charge in [0.25, 0.3) is 0 Å². The first-order valence-electron chi connectivity index (χ1n) is 12.1. The summed E-state index contributed by atoms with van der Waals surface area (Å²) in [7, 11) is 1.85. The van der Waals surface area contributed by atoms with E-state index < -0.39 is 0 Å². The van der Waals surface area contributed by atoms with Crippen LogP contribution >= 0.6 is 0 Å². The maximum Gasteiger partial charge on any atom is 0.191 e. The Morgan fingerprint density at radius 1 is 0.969 bits per heavy atom. The van der Waals surface area contributed by atoms with Gasteiger partial charge in [0.05, 0.1) is 0 Å². The van der Waals surface area contributed by atoms with Crippen molar-refractivity contribution in [2.24, 2.45) is 4.99 Å². The minimum atomic E-state index is 0.0818. The molecule has 0 radical (unpaired) electrons. The molecule has 0 bridgehead atoms. The van der Waals surface area contributed by atoms with E-state index in [0.717, 1.165) is 51.6 Å². The van der Waals surface area contributed by atoms with Crippen molar-refractivity contribution in [3.8, 4) is 0 Å². The summed E-state index contributed by atoms with van der Waals surface area (Å²) in [5, 5.41) is 7.11. The molecule has 2 aromatic carbocycles. The Kier molecular flexibility index (Phi) is 7.82. The standard InChI is InChI=1S/C27H38N4O/c1-22-7-3-4-8-25(22)27(13-17-32-18-14-27)21-30-26(28-2)29-19-23-9-11-24(12-10-23)20-31-15-5-6-16-31/h3-4,7-12H,5-6,13-21H2,1-2H3,(H2,28,29,30). The third kappa shape index (κ3) is 5.70. The lowest BCUT2D eigenvalue weighted by Gasteiger charge is -2.39. The van der Waals surface area contributed by atoms with E-state index in [1.54, 1.807) is 0 Å². The number of guanidine groups is 1. The molecule has 2 aromatic rings. The first-order valence-corrected chi connectivity index (χ1v) is 12.1. The summed E-state index contributed by atoms with van der Waals surface area (Å²) in [6.07, 6.45) is 4.74. The van der Waals surface area contributed by atoms with E-state index in [1.165, 1.54) is 48.2 Å². The topological polar surface area (TPSA) is 48.9 Å². The second-order valence-corrected chi connectivity index (χ2v) is 9.29. The van der Waals surface area contributed by atoms with Crippen LogP contribution in [0.3, 0.4) is 0 Å². The molecule has 2 saturated heterocycles. The third-order valence-electron chi connectivity index (χ3n) is 7.07. The quantitative estimate of drug-likeness (QED) is 0.511. The summed E-state index contributed by atoms with van der Waals surface area (Å²) in [6, 6.07) is 17.8. The van der Waals surface area contributed by atoms with Crippen molar-refractivity contribution >= 4 is 5.96 Å². The lowest BCUT2D eigenvalue weighted by atomic mass is 9.72. The summed E-state index contributed by atoms with van der Waals surface area (Å²) < 4.78 is 5.70. The van der Waals surface area contributed by atoms with Crippen LogP contribution in [0.2, 0.25) is 0 Å². The summed E-state index contributed by atoms with van der Waals surface area (Å²) >= 11 is 0. The molecule has 2 aliphatic heterocycles. The number of nitrogens with one attached hydrogen (secondary N) is 2. The summed E-state index contributed by atoms with van der Waals surface area (Å²) in [5.74, 6) is 0.852. The van der Waals surface area contributed by atoms with Crippen LogP contribution in [0.15, 0.2) is 53.5 Å². The Hall–Kier alpha value is -2.37. The van der Waals surface area contributed by atoms with Gasteiger partial charge < -0.3 is 15.4 Å². The lowest BCUT2D eigenvalue weighted by Crippen LogP contribution is -2.48. The monoisotopic (exact) mass is 434 g/mol. The summed E-state index contributed by atoms with van der Waals surface area (Å²) in [6.45, 7) is 9.01. The van der Waals surface area contributed by atoms with Gasteiger partial charge in [-0.3, -0.25) is 9.89 Å². The van der Waals surface area contributed by atoms with Gasteiger partial charge in [0.1, 0.15) is 0 Å². The number of nitrogens with zero attached hydrogens (tertiary/aromatic N) is 2. The van der Waals surface area contributed by atoms with Gasteiger partial charge in [-0.1, -0.05) is 48.5 Å². The first-order chi connectivity index (χ1) is 15.7. The van der Waals surface area contributed by atoms with E-state index in [1.807, 2.05) is 7.05 Å². The molecule has 5 heteroatoms. The number of aryl methyl sites for hydroxylation is 1. The highest BCUT2D eigenvalue weighted by Gasteiger charge is 2.35. The molecule has 2 aliphatic rings. The number of aliphatic imine (C=N–C) groups is 1. The fourth-order valence-electron chi connectivity index (χ4n) is 5.09. The molecule has 0 unspecified atom stereocenters. The molecule has 0 spiro atoms. The van der Waals surface area contributed by atoms with Gasteiger partial charge in [-0.15, -0.1) is 0 Å². The molecule has 0 aliphatic carbocycles. The van der Waals surface area contributed by atoms with Crippen LogP contribution in [0.25, 0.3) is 0 Å². The van der Waals surface area contributed by atoms with Crippen molar-refractivity contribution in [1.82, 2.24) is 15.5 Å². The van der Waals surface area contributed by atoms with Gasteiger partial charge in [0.15, 0.2) is 5.96 Å². The molecule has 2 fully saturated rings. The summed E-state index contributed by atoms with van der Waals surface area (Å²) in [5.41, 5.74) is 5.54. The Morgan fingerprint density at radius 3 is 2.34 bits per heavy atom. The largest absolute Gasteiger partial charge is 0.381 e. The number of hydrogen-bond donors (Lipinski definition) is 2. The number of benzene rings is 2. The number of hydrogen-bond acceptors (Lipinski definition) is 3. The van der Waals surface area contributed by atoms with Crippen LogP contribution in [-0.4, -0.2) is 50.8 Å². The molecule has 0 atom stereocenters. The molecule has 5 nitrogen and oxygen atoms in total. The molecular weight excluding hydrogens is 396 g/mol.